The van der Waals surface area contributed by atoms with Crippen LogP contribution in [-0.4, -0.2) is 44.9 Å². The number of likely N-dealkylation sites (tertiary alicyclic amines) is 1. The molecule has 5 heteroatoms. The highest BCUT2D eigenvalue weighted by Crippen LogP contribution is 2.45. The summed E-state index contributed by atoms with van der Waals surface area (Å²) in [4.78, 5) is 14.7. The first-order chi connectivity index (χ1) is 10.9. The highest BCUT2D eigenvalue weighted by atomic mass is 16.3. The molecule has 2 heterocycles. The molecule has 1 amide bonds. The van der Waals surface area contributed by atoms with Crippen LogP contribution in [0.15, 0.2) is 0 Å². The van der Waals surface area contributed by atoms with E-state index in [1.807, 2.05) is 23.6 Å². The van der Waals surface area contributed by atoms with Crippen LogP contribution in [0, 0.1) is 19.3 Å². The Balaban J connectivity index is 1.62. The van der Waals surface area contributed by atoms with E-state index in [0.29, 0.717) is 6.42 Å². The second kappa shape index (κ2) is 6.27. The Hall–Kier alpha value is -1.36. The number of aliphatic hydroxyl groups excluding tert-OH is 1. The lowest BCUT2D eigenvalue weighted by Crippen LogP contribution is -2.49. The summed E-state index contributed by atoms with van der Waals surface area (Å²) in [6.07, 6.45) is 6.23. The third-order valence-corrected chi connectivity index (χ3v) is 6.07. The molecule has 2 atom stereocenters. The van der Waals surface area contributed by atoms with Crippen molar-refractivity contribution < 1.29 is 9.90 Å². The van der Waals surface area contributed by atoms with Gasteiger partial charge in [0, 0.05) is 37.7 Å². The topological polar surface area (TPSA) is 58.4 Å². The van der Waals surface area contributed by atoms with Crippen LogP contribution in [0.2, 0.25) is 0 Å². The van der Waals surface area contributed by atoms with Crippen molar-refractivity contribution in [3.8, 4) is 0 Å². The van der Waals surface area contributed by atoms with E-state index in [-0.39, 0.29) is 17.4 Å². The SMILES string of the molecule is Cc1nn(C)c(C)c1CCC(=O)N1CCC[C@]2(CCC[C@H]2O)C1. The molecular weight excluding hydrogens is 290 g/mol. The minimum absolute atomic E-state index is 0.0198. The summed E-state index contributed by atoms with van der Waals surface area (Å²) in [6.45, 7) is 5.67. The Morgan fingerprint density at radius 2 is 2.09 bits per heavy atom. The molecule has 1 aliphatic carbocycles. The molecule has 3 rings (SSSR count). The van der Waals surface area contributed by atoms with Crippen LogP contribution in [0.5, 0.6) is 0 Å². The number of nitrogens with zero attached hydrogens (tertiary/aromatic N) is 3. The largest absolute Gasteiger partial charge is 0.392 e. The van der Waals surface area contributed by atoms with Crippen molar-refractivity contribution in [2.24, 2.45) is 12.5 Å². The van der Waals surface area contributed by atoms with Crippen molar-refractivity contribution in [3.05, 3.63) is 17.0 Å². The number of piperidine rings is 1. The van der Waals surface area contributed by atoms with Crippen molar-refractivity contribution >= 4 is 5.91 Å². The van der Waals surface area contributed by atoms with Crippen LogP contribution < -0.4 is 0 Å². The maximum absolute atomic E-state index is 12.7. The molecule has 1 N–H and O–H groups in total. The van der Waals surface area contributed by atoms with Gasteiger partial charge in [0.05, 0.1) is 11.8 Å². The van der Waals surface area contributed by atoms with Gasteiger partial charge in [-0.15, -0.1) is 0 Å². The average molecular weight is 319 g/mol. The quantitative estimate of drug-likeness (QED) is 0.928. The Bertz CT molecular complexity index is 595. The summed E-state index contributed by atoms with van der Waals surface area (Å²) in [5.41, 5.74) is 3.36. The monoisotopic (exact) mass is 319 g/mol. The van der Waals surface area contributed by atoms with Gasteiger partial charge < -0.3 is 10.0 Å². The van der Waals surface area contributed by atoms with E-state index >= 15 is 0 Å². The summed E-state index contributed by atoms with van der Waals surface area (Å²) >= 11 is 0. The Morgan fingerprint density at radius 1 is 1.35 bits per heavy atom. The molecule has 1 aromatic heterocycles. The summed E-state index contributed by atoms with van der Waals surface area (Å²) in [7, 11) is 1.95. The smallest absolute Gasteiger partial charge is 0.222 e. The fraction of sp³-hybridized carbons (Fsp3) is 0.778. The van der Waals surface area contributed by atoms with Gasteiger partial charge in [-0.3, -0.25) is 9.48 Å². The molecule has 2 aliphatic rings. The van der Waals surface area contributed by atoms with Crippen LogP contribution in [0.25, 0.3) is 0 Å². The zero-order valence-electron chi connectivity index (χ0n) is 14.6. The van der Waals surface area contributed by atoms with E-state index in [1.165, 1.54) is 5.56 Å². The number of amides is 1. The summed E-state index contributed by atoms with van der Waals surface area (Å²) in [5, 5.41) is 14.8. The van der Waals surface area contributed by atoms with E-state index in [1.54, 1.807) is 0 Å². The molecule has 1 spiro atoms. The van der Waals surface area contributed by atoms with Crippen molar-refractivity contribution in [1.29, 1.82) is 0 Å². The van der Waals surface area contributed by atoms with Gasteiger partial charge in [0.25, 0.3) is 0 Å². The minimum Gasteiger partial charge on any atom is -0.392 e. The van der Waals surface area contributed by atoms with Crippen LogP contribution in [0.1, 0.15) is 55.5 Å². The number of hydrogen-bond donors (Lipinski definition) is 1. The number of carbonyl (C=O) groups excluding carboxylic acids is 1. The molecule has 0 unspecified atom stereocenters. The van der Waals surface area contributed by atoms with E-state index in [9.17, 15) is 9.90 Å². The lowest BCUT2D eigenvalue weighted by molar-refractivity contribution is -0.136. The predicted octanol–water partition coefficient (Wildman–Crippen LogP) is 2.12. The molecule has 128 valence electrons. The Labute approximate surface area is 138 Å². The maximum Gasteiger partial charge on any atom is 0.222 e. The standard InChI is InChI=1S/C18H29N3O2/c1-13-15(14(2)20(3)19-13)7-8-17(23)21-11-5-10-18(12-21)9-4-6-16(18)22/h16,22H,4-12H2,1-3H3/t16-,18-/m1/s1. The molecule has 1 aliphatic heterocycles. The van der Waals surface area contributed by atoms with Crippen molar-refractivity contribution in [3.63, 3.8) is 0 Å². The normalized spacial score (nSPS) is 27.8. The fourth-order valence-corrected chi connectivity index (χ4v) is 4.54. The number of aryl methyl sites for hydroxylation is 2. The molecule has 0 aromatic carbocycles. The first kappa shape index (κ1) is 16.5. The first-order valence-corrected chi connectivity index (χ1v) is 8.88. The highest BCUT2D eigenvalue weighted by molar-refractivity contribution is 5.76. The second-order valence-electron chi connectivity index (χ2n) is 7.46. The highest BCUT2D eigenvalue weighted by Gasteiger charge is 2.45. The van der Waals surface area contributed by atoms with E-state index in [4.69, 9.17) is 0 Å². The Kier molecular flexibility index (Phi) is 4.50. The third-order valence-electron chi connectivity index (χ3n) is 6.07. The van der Waals surface area contributed by atoms with Gasteiger partial charge in [0.1, 0.15) is 0 Å². The lowest BCUT2D eigenvalue weighted by Gasteiger charge is -2.42. The van der Waals surface area contributed by atoms with Crippen molar-refractivity contribution in [1.82, 2.24) is 14.7 Å². The van der Waals surface area contributed by atoms with Gasteiger partial charge in [-0.1, -0.05) is 6.42 Å². The minimum atomic E-state index is -0.221. The van der Waals surface area contributed by atoms with Gasteiger partial charge in [-0.05, 0) is 51.5 Å². The van der Waals surface area contributed by atoms with Gasteiger partial charge in [0.15, 0.2) is 0 Å². The second-order valence-corrected chi connectivity index (χ2v) is 7.46. The molecule has 0 bridgehead atoms. The number of hydrogen-bond acceptors (Lipinski definition) is 3. The summed E-state index contributed by atoms with van der Waals surface area (Å²) < 4.78 is 1.89. The summed E-state index contributed by atoms with van der Waals surface area (Å²) in [5.74, 6) is 0.228. The number of rotatable bonds is 3. The van der Waals surface area contributed by atoms with Crippen LogP contribution in [0.3, 0.4) is 0 Å². The number of carbonyl (C=O) groups is 1. The predicted molar refractivity (Wildman–Crippen MR) is 89.1 cm³/mol. The zero-order valence-corrected chi connectivity index (χ0v) is 14.6. The van der Waals surface area contributed by atoms with Gasteiger partial charge in [0.2, 0.25) is 5.91 Å². The molecular formula is C18H29N3O2. The average Bonchev–Trinajstić information content (AvgIpc) is 2.98. The number of aromatic nitrogens is 2. The van der Waals surface area contributed by atoms with Crippen LogP contribution in [0.4, 0.5) is 0 Å². The molecule has 1 saturated heterocycles. The van der Waals surface area contributed by atoms with Gasteiger partial charge in [-0.25, -0.2) is 0 Å². The van der Waals surface area contributed by atoms with Crippen LogP contribution in [-0.2, 0) is 18.3 Å². The lowest BCUT2D eigenvalue weighted by atomic mass is 9.76. The number of aliphatic hydroxyl groups is 1. The van der Waals surface area contributed by atoms with Crippen molar-refractivity contribution in [2.45, 2.75) is 64.9 Å². The van der Waals surface area contributed by atoms with E-state index < -0.39 is 0 Å². The van der Waals surface area contributed by atoms with E-state index in [2.05, 4.69) is 12.0 Å². The maximum atomic E-state index is 12.7. The molecule has 23 heavy (non-hydrogen) atoms. The van der Waals surface area contributed by atoms with Gasteiger partial charge >= 0.3 is 0 Å². The summed E-state index contributed by atoms with van der Waals surface area (Å²) in [6, 6.07) is 0. The zero-order chi connectivity index (χ0) is 16.6. The van der Waals surface area contributed by atoms with Gasteiger partial charge in [-0.2, -0.15) is 5.10 Å². The molecule has 1 saturated carbocycles. The molecule has 0 radical (unpaired) electrons. The molecule has 1 aromatic rings. The third kappa shape index (κ3) is 3.03. The molecule has 2 fully saturated rings. The van der Waals surface area contributed by atoms with Crippen molar-refractivity contribution in [2.75, 3.05) is 13.1 Å². The van der Waals surface area contributed by atoms with E-state index in [0.717, 1.165) is 63.0 Å². The Morgan fingerprint density at radius 3 is 2.70 bits per heavy atom. The first-order valence-electron chi connectivity index (χ1n) is 8.88. The molecule has 5 nitrogen and oxygen atoms in total. The van der Waals surface area contributed by atoms with Crippen LogP contribution >= 0.6 is 0 Å². The fourth-order valence-electron chi connectivity index (χ4n) is 4.54.